The van der Waals surface area contributed by atoms with Gasteiger partial charge in [-0.2, -0.15) is 5.10 Å². The molecule has 0 bridgehead atoms. The number of benzene rings is 1. The fraction of sp³-hybridized carbons (Fsp3) is 0.389. The van der Waals surface area contributed by atoms with Crippen LogP contribution in [-0.4, -0.2) is 22.4 Å². The Hall–Kier alpha value is -1.36. The SMILES string of the molecule is Cl.Fc1ccc(C2=CCNC(CCCCn3cc(Cl)cn3)C2)cc1. The fourth-order valence-corrected chi connectivity index (χ4v) is 3.16. The Labute approximate surface area is 153 Å². The van der Waals surface area contributed by atoms with Gasteiger partial charge < -0.3 is 5.32 Å². The van der Waals surface area contributed by atoms with E-state index >= 15 is 0 Å². The third-order valence-electron chi connectivity index (χ3n) is 4.23. The number of hydrogen-bond acceptors (Lipinski definition) is 2. The molecule has 3 nitrogen and oxygen atoms in total. The lowest BCUT2D eigenvalue weighted by Gasteiger charge is -2.24. The number of hydrogen-bond donors (Lipinski definition) is 1. The Bertz CT molecular complexity index is 667. The highest BCUT2D eigenvalue weighted by atomic mass is 35.5. The van der Waals surface area contributed by atoms with Crippen molar-refractivity contribution in [1.82, 2.24) is 15.1 Å². The van der Waals surface area contributed by atoms with Crippen molar-refractivity contribution in [3.05, 3.63) is 59.1 Å². The Morgan fingerprint density at radius 1 is 1.25 bits per heavy atom. The minimum Gasteiger partial charge on any atom is -0.310 e. The first-order valence-electron chi connectivity index (χ1n) is 8.07. The molecule has 0 saturated heterocycles. The van der Waals surface area contributed by atoms with E-state index in [1.54, 1.807) is 6.20 Å². The molecule has 0 amide bonds. The predicted octanol–water partition coefficient (Wildman–Crippen LogP) is 4.71. The molecule has 24 heavy (non-hydrogen) atoms. The van der Waals surface area contributed by atoms with Crippen LogP contribution in [0.2, 0.25) is 5.02 Å². The van der Waals surface area contributed by atoms with Crippen molar-refractivity contribution in [1.29, 1.82) is 0 Å². The number of nitrogens with one attached hydrogen (secondary N) is 1. The average Bonchev–Trinajstić information content (AvgIpc) is 2.98. The molecular formula is C18H22Cl2FN3. The summed E-state index contributed by atoms with van der Waals surface area (Å²) in [4.78, 5) is 0. The van der Waals surface area contributed by atoms with Gasteiger partial charge >= 0.3 is 0 Å². The van der Waals surface area contributed by atoms with E-state index in [1.807, 2.05) is 23.0 Å². The summed E-state index contributed by atoms with van der Waals surface area (Å²) < 4.78 is 14.9. The molecule has 2 aromatic rings. The van der Waals surface area contributed by atoms with E-state index in [1.165, 1.54) is 17.7 Å². The number of aromatic nitrogens is 2. The molecule has 0 fully saturated rings. The summed E-state index contributed by atoms with van der Waals surface area (Å²) in [5, 5.41) is 8.42. The van der Waals surface area contributed by atoms with E-state index in [0.29, 0.717) is 11.1 Å². The Balaban J connectivity index is 0.00000208. The van der Waals surface area contributed by atoms with Gasteiger partial charge in [0.15, 0.2) is 0 Å². The summed E-state index contributed by atoms with van der Waals surface area (Å²) >= 11 is 5.86. The van der Waals surface area contributed by atoms with Crippen LogP contribution < -0.4 is 5.32 Å². The van der Waals surface area contributed by atoms with Gasteiger partial charge in [-0.3, -0.25) is 4.68 Å². The van der Waals surface area contributed by atoms with E-state index in [0.717, 1.165) is 44.3 Å². The zero-order valence-electron chi connectivity index (χ0n) is 13.4. The van der Waals surface area contributed by atoms with Gasteiger partial charge in [-0.15, -0.1) is 12.4 Å². The Morgan fingerprint density at radius 3 is 2.75 bits per heavy atom. The highest BCUT2D eigenvalue weighted by molar-refractivity contribution is 6.30. The minimum absolute atomic E-state index is 0. The van der Waals surface area contributed by atoms with E-state index in [2.05, 4.69) is 16.5 Å². The van der Waals surface area contributed by atoms with Crippen LogP contribution in [0.3, 0.4) is 0 Å². The second-order valence-electron chi connectivity index (χ2n) is 5.96. The molecule has 1 atom stereocenters. The van der Waals surface area contributed by atoms with E-state index in [4.69, 9.17) is 11.6 Å². The largest absolute Gasteiger partial charge is 0.310 e. The highest BCUT2D eigenvalue weighted by Crippen LogP contribution is 2.24. The first-order valence-corrected chi connectivity index (χ1v) is 8.45. The highest BCUT2D eigenvalue weighted by Gasteiger charge is 2.15. The zero-order valence-corrected chi connectivity index (χ0v) is 15.0. The quantitative estimate of drug-likeness (QED) is 0.746. The number of nitrogens with zero attached hydrogens (tertiary/aromatic N) is 2. The molecule has 3 rings (SSSR count). The maximum Gasteiger partial charge on any atom is 0.123 e. The molecule has 1 N–H and O–H groups in total. The maximum absolute atomic E-state index is 13.0. The van der Waals surface area contributed by atoms with Crippen LogP contribution in [0.5, 0.6) is 0 Å². The summed E-state index contributed by atoms with van der Waals surface area (Å²) in [5.74, 6) is -0.182. The van der Waals surface area contributed by atoms with Crippen molar-refractivity contribution in [3.8, 4) is 0 Å². The summed E-state index contributed by atoms with van der Waals surface area (Å²) in [5.41, 5.74) is 2.44. The number of rotatable bonds is 6. The van der Waals surface area contributed by atoms with Crippen molar-refractivity contribution in [2.24, 2.45) is 0 Å². The van der Waals surface area contributed by atoms with Gasteiger partial charge in [-0.25, -0.2) is 4.39 Å². The molecular weight excluding hydrogens is 348 g/mol. The molecule has 0 radical (unpaired) electrons. The fourth-order valence-electron chi connectivity index (χ4n) is 3.00. The van der Waals surface area contributed by atoms with Gasteiger partial charge in [-0.05, 0) is 42.5 Å². The lowest BCUT2D eigenvalue weighted by molar-refractivity contribution is 0.456. The molecule has 1 aromatic heterocycles. The van der Waals surface area contributed by atoms with Crippen molar-refractivity contribution in [2.45, 2.75) is 38.3 Å². The minimum atomic E-state index is -0.182. The topological polar surface area (TPSA) is 29.9 Å². The molecule has 1 unspecified atom stereocenters. The molecule has 0 aliphatic carbocycles. The lowest BCUT2D eigenvalue weighted by Crippen LogP contribution is -2.32. The smallest absolute Gasteiger partial charge is 0.123 e. The van der Waals surface area contributed by atoms with Gasteiger partial charge in [0.05, 0.1) is 11.2 Å². The average molecular weight is 370 g/mol. The Morgan fingerprint density at radius 2 is 2.04 bits per heavy atom. The van der Waals surface area contributed by atoms with Crippen LogP contribution in [0.4, 0.5) is 4.39 Å². The zero-order chi connectivity index (χ0) is 16.1. The first-order chi connectivity index (χ1) is 11.2. The summed E-state index contributed by atoms with van der Waals surface area (Å²) in [6.07, 6.45) is 10.1. The molecule has 0 spiro atoms. The Kier molecular flexibility index (Phi) is 7.28. The van der Waals surface area contributed by atoms with Crippen LogP contribution in [0.15, 0.2) is 42.7 Å². The van der Waals surface area contributed by atoms with E-state index in [9.17, 15) is 4.39 Å². The molecule has 1 aliphatic heterocycles. The number of halogens is 3. The van der Waals surface area contributed by atoms with Crippen molar-refractivity contribution in [3.63, 3.8) is 0 Å². The van der Waals surface area contributed by atoms with Crippen LogP contribution >= 0.6 is 24.0 Å². The van der Waals surface area contributed by atoms with Crippen molar-refractivity contribution < 1.29 is 4.39 Å². The van der Waals surface area contributed by atoms with Gasteiger partial charge in [0, 0.05) is 25.3 Å². The standard InChI is InChI=1S/C18H21ClFN3.ClH/c19-16-12-22-23(13-16)10-2-1-3-18-11-15(8-9-21-18)14-4-6-17(20)7-5-14;/h4-8,12-13,18,21H,1-3,9-11H2;1H. The lowest BCUT2D eigenvalue weighted by atomic mass is 9.93. The van der Waals surface area contributed by atoms with Crippen molar-refractivity contribution >= 4 is 29.6 Å². The van der Waals surface area contributed by atoms with Crippen LogP contribution in [0, 0.1) is 5.82 Å². The van der Waals surface area contributed by atoms with E-state index in [-0.39, 0.29) is 18.2 Å². The normalized spacial score (nSPS) is 17.2. The van der Waals surface area contributed by atoms with E-state index < -0.39 is 0 Å². The maximum atomic E-state index is 13.0. The third-order valence-corrected chi connectivity index (χ3v) is 4.42. The molecule has 0 saturated carbocycles. The second kappa shape index (κ2) is 9.21. The van der Waals surface area contributed by atoms with Crippen LogP contribution in [-0.2, 0) is 6.54 Å². The summed E-state index contributed by atoms with van der Waals surface area (Å²) in [7, 11) is 0. The number of aryl methyl sites for hydroxylation is 1. The van der Waals surface area contributed by atoms with Gasteiger partial charge in [0.25, 0.3) is 0 Å². The van der Waals surface area contributed by atoms with Gasteiger partial charge in [0.1, 0.15) is 5.82 Å². The summed E-state index contributed by atoms with van der Waals surface area (Å²) in [6.45, 7) is 1.78. The van der Waals surface area contributed by atoms with Gasteiger partial charge in [-0.1, -0.05) is 36.2 Å². The monoisotopic (exact) mass is 369 g/mol. The molecule has 1 aromatic carbocycles. The second-order valence-corrected chi connectivity index (χ2v) is 6.40. The van der Waals surface area contributed by atoms with Crippen molar-refractivity contribution in [2.75, 3.05) is 6.54 Å². The number of unbranched alkanes of at least 4 members (excludes halogenated alkanes) is 1. The molecule has 6 heteroatoms. The first kappa shape index (κ1) is 19.0. The van der Waals surface area contributed by atoms with Crippen LogP contribution in [0.25, 0.3) is 5.57 Å². The molecule has 2 heterocycles. The molecule has 1 aliphatic rings. The summed E-state index contributed by atoms with van der Waals surface area (Å²) in [6, 6.07) is 7.28. The van der Waals surface area contributed by atoms with Gasteiger partial charge in [0.2, 0.25) is 0 Å². The molecule has 130 valence electrons. The third kappa shape index (κ3) is 5.33. The van der Waals surface area contributed by atoms with Crippen LogP contribution in [0.1, 0.15) is 31.2 Å². The predicted molar refractivity (Wildman–Crippen MR) is 99.1 cm³/mol.